The summed E-state index contributed by atoms with van der Waals surface area (Å²) in [4.78, 5) is 13.2. The molecule has 2 atom stereocenters. The van der Waals surface area contributed by atoms with Crippen LogP contribution < -0.4 is 10.0 Å². The SMILES string of the molecule is Cc1cc[n+](O)cc1-n1nc2c(c1C(=O)NC(C)(C)C)C1CCC(C2)O1. The van der Waals surface area contributed by atoms with E-state index < -0.39 is 0 Å². The van der Waals surface area contributed by atoms with Gasteiger partial charge in [0.1, 0.15) is 11.4 Å². The molecule has 2 N–H and O–H groups in total. The normalized spacial score (nSPS) is 21.5. The zero-order valence-electron chi connectivity index (χ0n) is 15.6. The van der Waals surface area contributed by atoms with Crippen LogP contribution in [0.4, 0.5) is 0 Å². The summed E-state index contributed by atoms with van der Waals surface area (Å²) in [7, 11) is 0. The Morgan fingerprint density at radius 3 is 2.92 bits per heavy atom. The van der Waals surface area contributed by atoms with Gasteiger partial charge >= 0.3 is 0 Å². The van der Waals surface area contributed by atoms with E-state index in [2.05, 4.69) is 5.32 Å². The lowest BCUT2D eigenvalue weighted by atomic mass is 10.0. The fraction of sp³-hybridized carbons (Fsp3) is 0.526. The third-order valence-corrected chi connectivity index (χ3v) is 4.92. The molecule has 2 aliphatic rings. The van der Waals surface area contributed by atoms with Gasteiger partial charge in [0, 0.05) is 28.3 Å². The van der Waals surface area contributed by atoms with Crippen LogP contribution in [0.2, 0.25) is 0 Å². The first kappa shape index (κ1) is 17.0. The number of carbonyl (C=O) groups is 1. The van der Waals surface area contributed by atoms with Gasteiger partial charge < -0.3 is 10.1 Å². The molecule has 4 rings (SSSR count). The van der Waals surface area contributed by atoms with Gasteiger partial charge in [-0.3, -0.25) is 10.0 Å². The summed E-state index contributed by atoms with van der Waals surface area (Å²) >= 11 is 0. The van der Waals surface area contributed by atoms with Crippen molar-refractivity contribution in [1.82, 2.24) is 15.1 Å². The molecule has 7 heteroatoms. The maximum Gasteiger partial charge on any atom is 0.270 e. The molecular weight excluding hydrogens is 332 g/mol. The van der Waals surface area contributed by atoms with Crippen LogP contribution in [0, 0.1) is 6.92 Å². The van der Waals surface area contributed by atoms with E-state index in [1.54, 1.807) is 23.1 Å². The van der Waals surface area contributed by atoms with Gasteiger partial charge in [-0.05, 0) is 46.1 Å². The van der Waals surface area contributed by atoms with E-state index in [0.717, 1.165) is 40.8 Å². The molecule has 7 nitrogen and oxygen atoms in total. The van der Waals surface area contributed by atoms with E-state index >= 15 is 0 Å². The number of nitrogens with zero attached hydrogens (tertiary/aromatic N) is 3. The Balaban J connectivity index is 1.90. The highest BCUT2D eigenvalue weighted by molar-refractivity contribution is 5.95. The monoisotopic (exact) mass is 357 g/mol. The third-order valence-electron chi connectivity index (χ3n) is 4.92. The van der Waals surface area contributed by atoms with E-state index in [1.165, 1.54) is 0 Å². The summed E-state index contributed by atoms with van der Waals surface area (Å²) in [5.41, 5.74) is 3.57. The Hall–Kier alpha value is -2.41. The van der Waals surface area contributed by atoms with Crippen LogP contribution in [0.15, 0.2) is 18.5 Å². The number of hydrogen-bond donors (Lipinski definition) is 2. The molecule has 1 amide bonds. The summed E-state index contributed by atoms with van der Waals surface area (Å²) in [5, 5.41) is 17.7. The number of amides is 1. The minimum Gasteiger partial charge on any atom is -0.370 e. The van der Waals surface area contributed by atoms with Crippen molar-refractivity contribution in [3.63, 3.8) is 0 Å². The van der Waals surface area contributed by atoms with Crippen LogP contribution in [0.1, 0.15) is 67.0 Å². The van der Waals surface area contributed by atoms with Crippen molar-refractivity contribution in [3.05, 3.63) is 41.0 Å². The molecule has 2 aromatic heterocycles. The summed E-state index contributed by atoms with van der Waals surface area (Å²) in [6.45, 7) is 7.80. The van der Waals surface area contributed by atoms with Crippen LogP contribution in [0.3, 0.4) is 0 Å². The number of rotatable bonds is 2. The fourth-order valence-corrected chi connectivity index (χ4v) is 3.81. The second kappa shape index (κ2) is 5.81. The van der Waals surface area contributed by atoms with E-state index in [4.69, 9.17) is 9.84 Å². The Kier molecular flexibility index (Phi) is 3.80. The Labute approximate surface area is 152 Å². The maximum atomic E-state index is 13.2. The van der Waals surface area contributed by atoms with Crippen molar-refractivity contribution in [2.75, 3.05) is 0 Å². The smallest absolute Gasteiger partial charge is 0.270 e. The highest BCUT2D eigenvalue weighted by Crippen LogP contribution is 2.43. The van der Waals surface area contributed by atoms with Gasteiger partial charge in [0.05, 0.1) is 17.9 Å². The van der Waals surface area contributed by atoms with Crippen molar-refractivity contribution in [1.29, 1.82) is 0 Å². The molecule has 0 aliphatic carbocycles. The molecule has 1 fully saturated rings. The van der Waals surface area contributed by atoms with E-state index in [1.807, 2.05) is 27.7 Å². The lowest BCUT2D eigenvalue weighted by Crippen LogP contribution is -2.42. The maximum absolute atomic E-state index is 13.2. The molecule has 0 saturated carbocycles. The molecule has 0 spiro atoms. The number of aryl methyl sites for hydroxylation is 1. The van der Waals surface area contributed by atoms with Crippen molar-refractivity contribution in [2.24, 2.45) is 0 Å². The van der Waals surface area contributed by atoms with Gasteiger partial charge in [0.2, 0.25) is 12.4 Å². The van der Waals surface area contributed by atoms with Gasteiger partial charge in [0.25, 0.3) is 5.91 Å². The number of pyridine rings is 1. The summed E-state index contributed by atoms with van der Waals surface area (Å²) in [6.07, 6.45) is 5.87. The molecule has 138 valence electrons. The lowest BCUT2D eigenvalue weighted by Gasteiger charge is -2.23. The van der Waals surface area contributed by atoms with Gasteiger partial charge in [0.15, 0.2) is 0 Å². The average molecular weight is 357 g/mol. The predicted octanol–water partition coefficient (Wildman–Crippen LogP) is 2.01. The first-order chi connectivity index (χ1) is 12.2. The largest absolute Gasteiger partial charge is 0.370 e. The first-order valence-corrected chi connectivity index (χ1v) is 9.04. The predicted molar refractivity (Wildman–Crippen MR) is 93.5 cm³/mol. The molecule has 2 aromatic rings. The number of carbonyl (C=O) groups excluding carboxylic acids is 1. The molecule has 1 saturated heterocycles. The van der Waals surface area contributed by atoms with Crippen LogP contribution in [0.5, 0.6) is 0 Å². The average Bonchev–Trinajstić information content (AvgIpc) is 3.10. The zero-order chi connectivity index (χ0) is 18.6. The topological polar surface area (TPSA) is 80.3 Å². The van der Waals surface area contributed by atoms with Crippen molar-refractivity contribution in [2.45, 2.75) is 64.7 Å². The Morgan fingerprint density at radius 2 is 2.19 bits per heavy atom. The fourth-order valence-electron chi connectivity index (χ4n) is 3.81. The van der Waals surface area contributed by atoms with Crippen LogP contribution >= 0.6 is 0 Å². The molecule has 2 bridgehead atoms. The second-order valence-corrected chi connectivity index (χ2v) is 8.25. The highest BCUT2D eigenvalue weighted by atomic mass is 16.5. The molecule has 2 aliphatic heterocycles. The third kappa shape index (κ3) is 2.86. The first-order valence-electron chi connectivity index (χ1n) is 9.04. The van der Waals surface area contributed by atoms with Gasteiger partial charge in [-0.15, -0.1) is 0 Å². The van der Waals surface area contributed by atoms with E-state index in [-0.39, 0.29) is 23.7 Å². The van der Waals surface area contributed by atoms with E-state index in [9.17, 15) is 10.0 Å². The lowest BCUT2D eigenvalue weighted by molar-refractivity contribution is -0.904. The van der Waals surface area contributed by atoms with Gasteiger partial charge in [-0.1, -0.05) is 0 Å². The summed E-state index contributed by atoms with van der Waals surface area (Å²) in [5.74, 6) is -0.173. The number of hydrogen-bond acceptors (Lipinski definition) is 4. The summed E-state index contributed by atoms with van der Waals surface area (Å²) < 4.78 is 8.71. The van der Waals surface area contributed by atoms with E-state index in [0.29, 0.717) is 11.4 Å². The highest BCUT2D eigenvalue weighted by Gasteiger charge is 2.41. The van der Waals surface area contributed by atoms with Crippen molar-refractivity contribution in [3.8, 4) is 5.69 Å². The standard InChI is InChI=1S/C19H24N4O3/c1-11-7-8-22(25)10-14(11)23-17(18(24)20-19(2,3)4)16-13(21-23)9-12-5-6-15(16)26-12/h7-8,10,12,15H,5-6,9H2,1-4H3,(H-,20,24,25)/p+1. The molecule has 2 unspecified atom stereocenters. The molecule has 4 heterocycles. The van der Waals surface area contributed by atoms with Crippen LogP contribution in [-0.4, -0.2) is 32.5 Å². The minimum atomic E-state index is -0.366. The Morgan fingerprint density at radius 1 is 1.42 bits per heavy atom. The molecule has 26 heavy (non-hydrogen) atoms. The number of ether oxygens (including phenoxy) is 1. The number of aromatic nitrogens is 3. The van der Waals surface area contributed by atoms with Crippen molar-refractivity contribution >= 4 is 5.91 Å². The minimum absolute atomic E-state index is 0.0801. The van der Waals surface area contributed by atoms with Crippen LogP contribution in [-0.2, 0) is 11.2 Å². The second-order valence-electron chi connectivity index (χ2n) is 8.25. The summed E-state index contributed by atoms with van der Waals surface area (Å²) in [6, 6.07) is 1.80. The zero-order valence-corrected chi connectivity index (χ0v) is 15.6. The number of fused-ring (bicyclic) bond motifs is 4. The van der Waals surface area contributed by atoms with Gasteiger partial charge in [-0.2, -0.15) is 5.10 Å². The molecular formula is C19H25N4O3+. The molecule has 0 radical (unpaired) electrons. The van der Waals surface area contributed by atoms with Gasteiger partial charge in [-0.25, -0.2) is 4.68 Å². The van der Waals surface area contributed by atoms with Crippen LogP contribution in [0.25, 0.3) is 5.69 Å². The Bertz CT molecular complexity index is 882. The number of nitrogens with one attached hydrogen (secondary N) is 1. The quantitative estimate of drug-likeness (QED) is 0.636. The van der Waals surface area contributed by atoms with Crippen molar-refractivity contribution < 1.29 is 19.5 Å². The molecule has 0 aromatic carbocycles.